The molecule has 2 aromatic rings. The Morgan fingerprint density at radius 3 is 2.46 bits per heavy atom. The van der Waals surface area contributed by atoms with Gasteiger partial charge in [0, 0.05) is 6.42 Å². The standard InChI is InChI=1S/C18H23N3O7/c1-18(2,3)28-16(24)19-13(9-11-5-7-12(26-4)8-6-11)15-20-21(10-14(22)23)17(25)27-15/h5-8,13H,9-10H2,1-4H3,(H,19,24)(H,22,23)/t13-/m0/s1. The van der Waals surface area contributed by atoms with Crippen molar-refractivity contribution in [3.8, 4) is 5.75 Å². The van der Waals surface area contributed by atoms with Gasteiger partial charge in [-0.25, -0.2) is 9.59 Å². The fourth-order valence-corrected chi connectivity index (χ4v) is 2.34. The summed E-state index contributed by atoms with van der Waals surface area (Å²) in [6.45, 7) is 4.50. The van der Waals surface area contributed by atoms with E-state index in [0.29, 0.717) is 10.4 Å². The van der Waals surface area contributed by atoms with Gasteiger partial charge >= 0.3 is 17.8 Å². The molecule has 0 aliphatic heterocycles. The van der Waals surface area contributed by atoms with Crippen LogP contribution in [0.5, 0.6) is 5.75 Å². The molecule has 0 unspecified atom stereocenters. The van der Waals surface area contributed by atoms with Crippen LogP contribution in [0.3, 0.4) is 0 Å². The Labute approximate surface area is 161 Å². The predicted octanol–water partition coefficient (Wildman–Crippen LogP) is 1.74. The van der Waals surface area contributed by atoms with Crippen LogP contribution in [0, 0.1) is 0 Å². The van der Waals surface area contributed by atoms with Crippen molar-refractivity contribution >= 4 is 12.1 Å². The molecule has 1 amide bonds. The molecule has 1 aromatic carbocycles. The van der Waals surface area contributed by atoms with Crippen molar-refractivity contribution in [3.05, 3.63) is 46.3 Å². The number of rotatable bonds is 7. The summed E-state index contributed by atoms with van der Waals surface area (Å²) >= 11 is 0. The summed E-state index contributed by atoms with van der Waals surface area (Å²) in [6, 6.07) is 6.23. The lowest BCUT2D eigenvalue weighted by Gasteiger charge is -2.22. The van der Waals surface area contributed by atoms with Crippen molar-refractivity contribution in [1.82, 2.24) is 15.1 Å². The summed E-state index contributed by atoms with van der Waals surface area (Å²) in [6.07, 6.45) is -0.488. The third-order valence-electron chi connectivity index (χ3n) is 3.49. The Hall–Kier alpha value is -3.30. The van der Waals surface area contributed by atoms with E-state index in [-0.39, 0.29) is 12.3 Å². The molecule has 2 rings (SSSR count). The number of carbonyl (C=O) groups excluding carboxylic acids is 1. The van der Waals surface area contributed by atoms with Crippen LogP contribution in [0.4, 0.5) is 4.79 Å². The molecule has 2 N–H and O–H groups in total. The number of ether oxygens (including phenoxy) is 2. The van der Waals surface area contributed by atoms with Crippen LogP contribution >= 0.6 is 0 Å². The zero-order valence-electron chi connectivity index (χ0n) is 16.1. The topological polar surface area (TPSA) is 133 Å². The molecule has 0 aliphatic rings. The zero-order chi connectivity index (χ0) is 20.9. The highest BCUT2D eigenvalue weighted by Crippen LogP contribution is 2.19. The number of aliphatic carboxylic acids is 1. The van der Waals surface area contributed by atoms with Gasteiger partial charge in [0.1, 0.15) is 23.9 Å². The summed E-state index contributed by atoms with van der Waals surface area (Å²) in [5, 5.41) is 15.4. The molecule has 1 atom stereocenters. The maximum Gasteiger partial charge on any atom is 0.437 e. The molecule has 0 bridgehead atoms. The molecule has 1 aromatic heterocycles. The monoisotopic (exact) mass is 393 g/mol. The average Bonchev–Trinajstić information content (AvgIpc) is 2.93. The van der Waals surface area contributed by atoms with E-state index in [1.165, 1.54) is 0 Å². The Kier molecular flexibility index (Phi) is 6.45. The number of hydrogen-bond acceptors (Lipinski definition) is 7. The van der Waals surface area contributed by atoms with Crippen LogP contribution in [0.1, 0.15) is 38.3 Å². The first kappa shape index (κ1) is 21.0. The van der Waals surface area contributed by atoms with Gasteiger partial charge in [0.15, 0.2) is 0 Å². The third-order valence-corrected chi connectivity index (χ3v) is 3.49. The maximum atomic E-state index is 12.2. The molecule has 1 heterocycles. The van der Waals surface area contributed by atoms with Crippen LogP contribution in [0.25, 0.3) is 0 Å². The molecule has 10 nitrogen and oxygen atoms in total. The first-order chi connectivity index (χ1) is 13.1. The van der Waals surface area contributed by atoms with E-state index >= 15 is 0 Å². The van der Waals surface area contributed by atoms with E-state index in [9.17, 15) is 14.4 Å². The van der Waals surface area contributed by atoms with Gasteiger partial charge in [0.2, 0.25) is 5.89 Å². The van der Waals surface area contributed by atoms with Crippen molar-refractivity contribution < 1.29 is 28.6 Å². The van der Waals surface area contributed by atoms with Crippen LogP contribution < -0.4 is 15.8 Å². The molecular formula is C18H23N3O7. The molecule has 0 radical (unpaired) electrons. The van der Waals surface area contributed by atoms with Gasteiger partial charge in [-0.2, -0.15) is 4.68 Å². The van der Waals surface area contributed by atoms with E-state index in [4.69, 9.17) is 19.0 Å². The molecule has 10 heteroatoms. The minimum Gasteiger partial charge on any atom is -0.497 e. The number of methoxy groups -OCH3 is 1. The van der Waals surface area contributed by atoms with Crippen LogP contribution in [-0.2, 0) is 22.5 Å². The molecule has 0 saturated heterocycles. The van der Waals surface area contributed by atoms with Gasteiger partial charge in [0.05, 0.1) is 7.11 Å². The zero-order valence-corrected chi connectivity index (χ0v) is 16.1. The van der Waals surface area contributed by atoms with Crippen LogP contribution in [-0.4, -0.2) is 39.7 Å². The Morgan fingerprint density at radius 1 is 1.29 bits per heavy atom. The third kappa shape index (κ3) is 6.15. The van der Waals surface area contributed by atoms with Gasteiger partial charge in [-0.05, 0) is 38.5 Å². The first-order valence-corrected chi connectivity index (χ1v) is 8.49. The fraction of sp³-hybridized carbons (Fsp3) is 0.444. The summed E-state index contributed by atoms with van der Waals surface area (Å²) in [5.74, 6) is -1.62. The molecule has 0 fully saturated rings. The fourth-order valence-electron chi connectivity index (χ4n) is 2.34. The highest BCUT2D eigenvalue weighted by atomic mass is 16.6. The average molecular weight is 393 g/mol. The molecule has 152 valence electrons. The van der Waals surface area contributed by atoms with Gasteiger partial charge in [-0.3, -0.25) is 4.79 Å². The largest absolute Gasteiger partial charge is 0.497 e. The summed E-state index contributed by atoms with van der Waals surface area (Å²) in [4.78, 5) is 34.9. The second kappa shape index (κ2) is 8.59. The second-order valence-corrected chi connectivity index (χ2v) is 7.01. The van der Waals surface area contributed by atoms with E-state index in [1.54, 1.807) is 52.1 Å². The first-order valence-electron chi connectivity index (χ1n) is 8.49. The summed E-state index contributed by atoms with van der Waals surface area (Å²) < 4.78 is 16.1. The lowest BCUT2D eigenvalue weighted by molar-refractivity contribution is -0.138. The Morgan fingerprint density at radius 2 is 1.93 bits per heavy atom. The number of aromatic nitrogens is 2. The lowest BCUT2D eigenvalue weighted by atomic mass is 10.1. The lowest BCUT2D eigenvalue weighted by Crippen LogP contribution is -2.36. The number of hydrogen-bond donors (Lipinski definition) is 2. The smallest absolute Gasteiger partial charge is 0.437 e. The number of carboxylic acid groups (broad SMARTS) is 1. The Balaban J connectivity index is 2.28. The van der Waals surface area contributed by atoms with E-state index < -0.39 is 36.0 Å². The predicted molar refractivity (Wildman–Crippen MR) is 97.2 cm³/mol. The molecule has 0 spiro atoms. The molecule has 28 heavy (non-hydrogen) atoms. The minimum atomic E-state index is -1.24. The number of carboxylic acids is 1. The van der Waals surface area contributed by atoms with Gasteiger partial charge in [-0.1, -0.05) is 12.1 Å². The number of amides is 1. The van der Waals surface area contributed by atoms with Crippen molar-refractivity contribution in [3.63, 3.8) is 0 Å². The van der Waals surface area contributed by atoms with E-state index in [0.717, 1.165) is 5.56 Å². The van der Waals surface area contributed by atoms with Crippen molar-refractivity contribution in [2.45, 2.75) is 45.4 Å². The summed E-state index contributed by atoms with van der Waals surface area (Å²) in [7, 11) is 1.55. The second-order valence-electron chi connectivity index (χ2n) is 7.01. The van der Waals surface area contributed by atoms with Gasteiger partial charge < -0.3 is 24.3 Å². The van der Waals surface area contributed by atoms with Gasteiger partial charge in [0.25, 0.3) is 0 Å². The SMILES string of the molecule is COc1ccc(C[C@H](NC(=O)OC(C)(C)C)c2nn(CC(=O)O)c(=O)o2)cc1. The number of benzene rings is 1. The minimum absolute atomic E-state index is 0.118. The highest BCUT2D eigenvalue weighted by molar-refractivity contribution is 5.68. The number of nitrogens with zero attached hydrogens (tertiary/aromatic N) is 2. The van der Waals surface area contributed by atoms with Crippen LogP contribution in [0.15, 0.2) is 33.5 Å². The number of carbonyl (C=O) groups is 2. The highest BCUT2D eigenvalue weighted by Gasteiger charge is 2.26. The van der Waals surface area contributed by atoms with Crippen LogP contribution in [0.2, 0.25) is 0 Å². The number of alkyl carbamates (subject to hydrolysis) is 1. The van der Waals surface area contributed by atoms with Crippen molar-refractivity contribution in [2.75, 3.05) is 7.11 Å². The summed E-state index contributed by atoms with van der Waals surface area (Å²) in [5.41, 5.74) is 0.0791. The van der Waals surface area contributed by atoms with E-state index in [1.807, 2.05) is 0 Å². The normalized spacial score (nSPS) is 12.3. The number of nitrogens with one attached hydrogen (secondary N) is 1. The van der Waals surface area contributed by atoms with Crippen molar-refractivity contribution in [2.24, 2.45) is 0 Å². The molecular weight excluding hydrogens is 370 g/mol. The quantitative estimate of drug-likeness (QED) is 0.727. The van der Waals surface area contributed by atoms with Gasteiger partial charge in [-0.15, -0.1) is 5.10 Å². The molecule has 0 saturated carbocycles. The van der Waals surface area contributed by atoms with E-state index in [2.05, 4.69) is 10.4 Å². The maximum absolute atomic E-state index is 12.2. The van der Waals surface area contributed by atoms with Crippen molar-refractivity contribution in [1.29, 1.82) is 0 Å². The Bertz CT molecular complexity index is 878. The molecule has 0 aliphatic carbocycles.